The fourth-order valence-electron chi connectivity index (χ4n) is 3.72. The minimum Gasteiger partial charge on any atom is -0.463 e. The molecular formula is C18H25NO3. The molecule has 2 aliphatic rings. The number of ether oxygens (including phenoxy) is 1. The standard InChI is InChI=1S/C18H25NO3/c20-17(22-13-14-10-11-19-12-14)18(21,16-8-4-5-9-16)15-6-2-1-3-7-15/h1-3,6-7,14,16,19,21H,4-5,8-13H2/t14-,18+/m1/s1. The molecule has 1 saturated heterocycles. The largest absolute Gasteiger partial charge is 0.463 e. The Balaban J connectivity index is 1.76. The number of carbonyl (C=O) groups excluding carboxylic acids is 1. The van der Waals surface area contributed by atoms with E-state index in [1.807, 2.05) is 30.3 Å². The van der Waals surface area contributed by atoms with E-state index in [-0.39, 0.29) is 5.92 Å². The minimum absolute atomic E-state index is 0.0379. The zero-order chi connectivity index (χ0) is 15.4. The van der Waals surface area contributed by atoms with E-state index in [9.17, 15) is 9.90 Å². The van der Waals surface area contributed by atoms with Gasteiger partial charge in [-0.15, -0.1) is 0 Å². The summed E-state index contributed by atoms with van der Waals surface area (Å²) in [7, 11) is 0. The van der Waals surface area contributed by atoms with Gasteiger partial charge in [0.15, 0.2) is 5.60 Å². The molecule has 4 heteroatoms. The first kappa shape index (κ1) is 15.5. The monoisotopic (exact) mass is 303 g/mol. The maximum absolute atomic E-state index is 12.7. The second kappa shape index (κ2) is 6.80. The lowest BCUT2D eigenvalue weighted by Gasteiger charge is -2.32. The summed E-state index contributed by atoms with van der Waals surface area (Å²) in [6.07, 6.45) is 4.93. The van der Waals surface area contributed by atoms with Crippen molar-refractivity contribution < 1.29 is 14.6 Å². The first-order chi connectivity index (χ1) is 10.7. The average molecular weight is 303 g/mol. The number of carbonyl (C=O) groups is 1. The zero-order valence-electron chi connectivity index (χ0n) is 13.0. The van der Waals surface area contributed by atoms with Crippen LogP contribution in [0.25, 0.3) is 0 Å². The smallest absolute Gasteiger partial charge is 0.343 e. The number of hydrogen-bond donors (Lipinski definition) is 2. The van der Waals surface area contributed by atoms with Gasteiger partial charge < -0.3 is 15.2 Å². The minimum atomic E-state index is -1.50. The van der Waals surface area contributed by atoms with Crippen LogP contribution in [0.3, 0.4) is 0 Å². The van der Waals surface area contributed by atoms with E-state index in [0.29, 0.717) is 18.1 Å². The van der Waals surface area contributed by atoms with E-state index in [1.54, 1.807) is 0 Å². The third-order valence-corrected chi connectivity index (χ3v) is 5.08. The summed E-state index contributed by atoms with van der Waals surface area (Å²) in [6, 6.07) is 9.29. The second-order valence-electron chi connectivity index (χ2n) is 6.57. The zero-order valence-corrected chi connectivity index (χ0v) is 13.0. The first-order valence-electron chi connectivity index (χ1n) is 8.37. The van der Waals surface area contributed by atoms with Crippen LogP contribution in [0.5, 0.6) is 0 Å². The molecule has 0 amide bonds. The molecule has 3 rings (SSSR count). The number of nitrogens with one attached hydrogen (secondary N) is 1. The van der Waals surface area contributed by atoms with Crippen LogP contribution in [0.4, 0.5) is 0 Å². The molecule has 0 radical (unpaired) electrons. The highest BCUT2D eigenvalue weighted by Gasteiger charge is 2.47. The predicted molar refractivity (Wildman–Crippen MR) is 84.2 cm³/mol. The van der Waals surface area contributed by atoms with E-state index < -0.39 is 11.6 Å². The molecule has 2 fully saturated rings. The highest BCUT2D eigenvalue weighted by atomic mass is 16.5. The van der Waals surface area contributed by atoms with Crippen LogP contribution in [0.1, 0.15) is 37.7 Å². The molecule has 120 valence electrons. The van der Waals surface area contributed by atoms with Crippen LogP contribution in [0.15, 0.2) is 30.3 Å². The third-order valence-electron chi connectivity index (χ3n) is 5.08. The molecule has 2 N–H and O–H groups in total. The second-order valence-corrected chi connectivity index (χ2v) is 6.57. The van der Waals surface area contributed by atoms with Crippen molar-refractivity contribution in [1.29, 1.82) is 0 Å². The predicted octanol–water partition coefficient (Wildman–Crippen LogP) is 2.22. The summed E-state index contributed by atoms with van der Waals surface area (Å²) in [4.78, 5) is 12.7. The molecule has 0 aromatic heterocycles. The summed E-state index contributed by atoms with van der Waals surface area (Å²) < 4.78 is 5.53. The fourth-order valence-corrected chi connectivity index (χ4v) is 3.72. The maximum Gasteiger partial charge on any atom is 0.343 e. The molecule has 4 nitrogen and oxygen atoms in total. The van der Waals surface area contributed by atoms with Gasteiger partial charge in [-0.3, -0.25) is 0 Å². The van der Waals surface area contributed by atoms with Crippen molar-refractivity contribution in [1.82, 2.24) is 5.32 Å². The molecule has 22 heavy (non-hydrogen) atoms. The van der Waals surface area contributed by atoms with Gasteiger partial charge in [0.2, 0.25) is 0 Å². The summed E-state index contributed by atoms with van der Waals surface area (Å²) in [6.45, 7) is 2.27. The number of hydrogen-bond acceptors (Lipinski definition) is 4. The summed E-state index contributed by atoms with van der Waals surface area (Å²) >= 11 is 0. The van der Waals surface area contributed by atoms with Gasteiger partial charge in [-0.05, 0) is 31.4 Å². The van der Waals surface area contributed by atoms with Crippen molar-refractivity contribution >= 4 is 5.97 Å². The highest BCUT2D eigenvalue weighted by Crippen LogP contribution is 2.41. The van der Waals surface area contributed by atoms with E-state index in [0.717, 1.165) is 45.2 Å². The molecule has 1 aromatic carbocycles. The van der Waals surface area contributed by atoms with Gasteiger partial charge in [0.25, 0.3) is 0 Å². The molecule has 0 unspecified atom stereocenters. The molecule has 1 aromatic rings. The highest BCUT2D eigenvalue weighted by molar-refractivity contribution is 5.81. The van der Waals surface area contributed by atoms with Gasteiger partial charge in [-0.2, -0.15) is 0 Å². The Labute approximate surface area is 131 Å². The first-order valence-corrected chi connectivity index (χ1v) is 8.37. The Kier molecular flexibility index (Phi) is 4.79. The lowest BCUT2D eigenvalue weighted by atomic mass is 9.80. The quantitative estimate of drug-likeness (QED) is 0.819. The number of esters is 1. The Morgan fingerprint density at radius 1 is 1.23 bits per heavy atom. The van der Waals surface area contributed by atoms with Crippen LogP contribution in [0.2, 0.25) is 0 Å². The van der Waals surface area contributed by atoms with Gasteiger partial charge in [0, 0.05) is 18.4 Å². The van der Waals surface area contributed by atoms with E-state index in [1.165, 1.54) is 0 Å². The summed E-state index contributed by atoms with van der Waals surface area (Å²) in [5.41, 5.74) is -0.833. The lowest BCUT2D eigenvalue weighted by molar-refractivity contribution is -0.175. The Hall–Kier alpha value is -1.39. The van der Waals surface area contributed by atoms with Gasteiger partial charge >= 0.3 is 5.97 Å². The van der Waals surface area contributed by atoms with Crippen LogP contribution < -0.4 is 5.32 Å². The van der Waals surface area contributed by atoms with Crippen LogP contribution in [-0.4, -0.2) is 30.8 Å². The topological polar surface area (TPSA) is 58.6 Å². The third kappa shape index (κ3) is 3.03. The van der Waals surface area contributed by atoms with E-state index in [4.69, 9.17) is 4.74 Å². The van der Waals surface area contributed by atoms with E-state index >= 15 is 0 Å². The molecular weight excluding hydrogens is 278 g/mol. The Morgan fingerprint density at radius 2 is 1.95 bits per heavy atom. The normalized spacial score (nSPS) is 25.0. The molecule has 2 atom stereocenters. The fraction of sp³-hybridized carbons (Fsp3) is 0.611. The number of rotatable bonds is 5. The van der Waals surface area contributed by atoms with Gasteiger partial charge in [-0.25, -0.2) is 4.79 Å². The molecule has 1 saturated carbocycles. The maximum atomic E-state index is 12.7. The summed E-state index contributed by atoms with van der Waals surface area (Å²) in [5.74, 6) is -0.144. The summed E-state index contributed by atoms with van der Waals surface area (Å²) in [5, 5.41) is 14.5. The van der Waals surface area contributed by atoms with Crippen molar-refractivity contribution in [2.75, 3.05) is 19.7 Å². The van der Waals surface area contributed by atoms with Gasteiger partial charge in [0.1, 0.15) is 0 Å². The molecule has 1 aliphatic heterocycles. The Morgan fingerprint density at radius 3 is 2.59 bits per heavy atom. The van der Waals surface area contributed by atoms with Crippen molar-refractivity contribution in [3.63, 3.8) is 0 Å². The number of benzene rings is 1. The van der Waals surface area contributed by atoms with Gasteiger partial charge in [0.05, 0.1) is 6.61 Å². The van der Waals surface area contributed by atoms with Crippen LogP contribution in [0, 0.1) is 11.8 Å². The van der Waals surface area contributed by atoms with Gasteiger partial charge in [-0.1, -0.05) is 43.2 Å². The average Bonchev–Trinajstić information content (AvgIpc) is 3.26. The van der Waals surface area contributed by atoms with Crippen molar-refractivity contribution in [3.05, 3.63) is 35.9 Å². The van der Waals surface area contributed by atoms with Crippen molar-refractivity contribution in [2.45, 2.75) is 37.7 Å². The Bertz CT molecular complexity index is 492. The van der Waals surface area contributed by atoms with E-state index in [2.05, 4.69) is 5.32 Å². The molecule has 0 spiro atoms. The van der Waals surface area contributed by atoms with Crippen LogP contribution in [-0.2, 0) is 15.1 Å². The lowest BCUT2D eigenvalue weighted by Crippen LogP contribution is -2.44. The van der Waals surface area contributed by atoms with Crippen molar-refractivity contribution in [2.24, 2.45) is 11.8 Å². The molecule has 1 heterocycles. The molecule has 1 aliphatic carbocycles. The van der Waals surface area contributed by atoms with Crippen LogP contribution >= 0.6 is 0 Å². The molecule has 0 bridgehead atoms. The number of aliphatic hydroxyl groups is 1. The SMILES string of the molecule is O=C(OC[C@@H]1CCNC1)[C@](O)(c1ccccc1)C1CCCC1. The van der Waals surface area contributed by atoms with Crippen molar-refractivity contribution in [3.8, 4) is 0 Å².